The normalized spacial score (nSPS) is 17.4. The Morgan fingerprint density at radius 3 is 2.21 bits per heavy atom. The lowest BCUT2D eigenvalue weighted by Crippen LogP contribution is -2.50. The first-order valence-electron chi connectivity index (χ1n) is 10.0. The Morgan fingerprint density at radius 2 is 1.55 bits per heavy atom. The molecule has 2 aromatic heterocycles. The van der Waals surface area contributed by atoms with Crippen molar-refractivity contribution in [2.24, 2.45) is 0 Å². The molecule has 2 aromatic rings. The fraction of sp³-hybridized carbons (Fsp3) is 0.429. The number of aromatic nitrogens is 2. The molecule has 8 nitrogen and oxygen atoms in total. The third-order valence-corrected chi connectivity index (χ3v) is 5.60. The summed E-state index contributed by atoms with van der Waals surface area (Å²) >= 11 is 0. The van der Waals surface area contributed by atoms with E-state index in [4.69, 9.17) is 0 Å². The fourth-order valence-electron chi connectivity index (χ4n) is 3.86. The molecule has 0 radical (unpaired) electrons. The van der Waals surface area contributed by atoms with E-state index in [2.05, 4.69) is 19.8 Å². The maximum absolute atomic E-state index is 12.9. The van der Waals surface area contributed by atoms with Crippen molar-refractivity contribution >= 4 is 23.3 Å². The Bertz CT molecular complexity index is 858. The van der Waals surface area contributed by atoms with E-state index in [9.17, 15) is 9.59 Å². The van der Waals surface area contributed by atoms with Gasteiger partial charge in [0.1, 0.15) is 5.82 Å². The van der Waals surface area contributed by atoms with Gasteiger partial charge in [-0.25, -0.2) is 4.98 Å². The van der Waals surface area contributed by atoms with Gasteiger partial charge in [0.05, 0.1) is 17.4 Å². The minimum Gasteiger partial charge on any atom is -0.367 e. The highest BCUT2D eigenvalue weighted by molar-refractivity contribution is 5.95. The second-order valence-electron chi connectivity index (χ2n) is 7.39. The molecule has 0 spiro atoms. The Labute approximate surface area is 170 Å². The molecule has 2 saturated heterocycles. The zero-order valence-electron chi connectivity index (χ0n) is 16.7. The summed E-state index contributed by atoms with van der Waals surface area (Å²) in [6, 6.07) is 7.89. The monoisotopic (exact) mass is 394 g/mol. The second kappa shape index (κ2) is 8.46. The van der Waals surface area contributed by atoms with E-state index >= 15 is 0 Å². The number of rotatable bonds is 3. The number of anilines is 2. The predicted molar refractivity (Wildman–Crippen MR) is 111 cm³/mol. The van der Waals surface area contributed by atoms with Crippen LogP contribution in [0.5, 0.6) is 0 Å². The van der Waals surface area contributed by atoms with E-state index in [1.807, 2.05) is 36.7 Å². The molecule has 152 valence electrons. The predicted octanol–water partition coefficient (Wildman–Crippen LogP) is 1.11. The van der Waals surface area contributed by atoms with Crippen LogP contribution in [0.3, 0.4) is 0 Å². The lowest BCUT2D eigenvalue weighted by Gasteiger charge is -2.37. The first-order valence-corrected chi connectivity index (χ1v) is 10.0. The highest BCUT2D eigenvalue weighted by atomic mass is 16.2. The lowest BCUT2D eigenvalue weighted by molar-refractivity contribution is -0.130. The summed E-state index contributed by atoms with van der Waals surface area (Å²) in [6.45, 7) is 7.33. The van der Waals surface area contributed by atoms with Gasteiger partial charge in [-0.2, -0.15) is 0 Å². The van der Waals surface area contributed by atoms with Crippen LogP contribution >= 0.6 is 0 Å². The number of amides is 2. The minimum atomic E-state index is -0.0188. The van der Waals surface area contributed by atoms with Gasteiger partial charge in [0, 0.05) is 71.7 Å². The summed E-state index contributed by atoms with van der Waals surface area (Å²) in [7, 11) is 0. The molecule has 2 aliphatic rings. The molecule has 4 rings (SSSR count). The molecule has 0 bridgehead atoms. The Morgan fingerprint density at radius 1 is 0.862 bits per heavy atom. The Kier molecular flexibility index (Phi) is 5.59. The number of hydrogen-bond acceptors (Lipinski definition) is 6. The highest BCUT2D eigenvalue weighted by Crippen LogP contribution is 2.20. The van der Waals surface area contributed by atoms with Gasteiger partial charge in [0.25, 0.3) is 5.91 Å². The number of nitrogens with zero attached hydrogens (tertiary/aromatic N) is 6. The van der Waals surface area contributed by atoms with Crippen molar-refractivity contribution in [1.29, 1.82) is 0 Å². The molecule has 0 aliphatic carbocycles. The molecule has 0 unspecified atom stereocenters. The van der Waals surface area contributed by atoms with Crippen molar-refractivity contribution in [3.63, 3.8) is 0 Å². The molecule has 2 fully saturated rings. The largest absolute Gasteiger partial charge is 0.367 e. The summed E-state index contributed by atoms with van der Waals surface area (Å²) in [5.74, 6) is 1.04. The van der Waals surface area contributed by atoms with Crippen LogP contribution < -0.4 is 9.80 Å². The quantitative estimate of drug-likeness (QED) is 0.777. The molecule has 4 heterocycles. The molecule has 0 N–H and O–H groups in total. The first-order chi connectivity index (χ1) is 14.1. The summed E-state index contributed by atoms with van der Waals surface area (Å²) in [5.41, 5.74) is 1.57. The zero-order valence-corrected chi connectivity index (χ0v) is 16.7. The van der Waals surface area contributed by atoms with E-state index < -0.39 is 0 Å². The van der Waals surface area contributed by atoms with E-state index in [0.717, 1.165) is 37.7 Å². The minimum absolute atomic E-state index is 0.0188. The zero-order chi connectivity index (χ0) is 20.2. The molecular formula is C21H26N6O2. The third kappa shape index (κ3) is 4.31. The van der Waals surface area contributed by atoms with Crippen LogP contribution in [0.2, 0.25) is 0 Å². The summed E-state index contributed by atoms with van der Waals surface area (Å²) in [6.07, 6.45) is 5.27. The summed E-state index contributed by atoms with van der Waals surface area (Å²) in [4.78, 5) is 41.2. The number of carbonyl (C=O) groups excluding carboxylic acids is 2. The van der Waals surface area contributed by atoms with Crippen LogP contribution in [0.1, 0.15) is 17.3 Å². The molecule has 8 heteroatoms. The molecule has 2 amide bonds. The van der Waals surface area contributed by atoms with Crippen LogP contribution in [0, 0.1) is 0 Å². The molecule has 2 aliphatic heterocycles. The van der Waals surface area contributed by atoms with Crippen LogP contribution in [0.4, 0.5) is 11.5 Å². The standard InChI is InChI=1S/C21H26N6O2/c1-17(28)24-6-12-27(13-7-24)21(29)18-14-19(16-22-15-18)25-8-10-26(11-9-25)20-4-2-3-5-23-20/h2-5,14-16H,6-13H2,1H3. The SMILES string of the molecule is CC(=O)N1CCN(C(=O)c2cncc(N3CCN(c4ccccn4)CC3)c2)CC1. The third-order valence-electron chi connectivity index (χ3n) is 5.60. The summed E-state index contributed by atoms with van der Waals surface area (Å²) < 4.78 is 0. The van der Waals surface area contributed by atoms with Crippen LogP contribution in [-0.4, -0.2) is 83.9 Å². The van der Waals surface area contributed by atoms with Gasteiger partial charge < -0.3 is 19.6 Å². The van der Waals surface area contributed by atoms with Crippen molar-refractivity contribution < 1.29 is 9.59 Å². The lowest BCUT2D eigenvalue weighted by atomic mass is 10.2. The number of piperazine rings is 2. The van der Waals surface area contributed by atoms with Gasteiger partial charge in [-0.3, -0.25) is 14.6 Å². The molecular weight excluding hydrogens is 368 g/mol. The number of hydrogen-bond donors (Lipinski definition) is 0. The van der Waals surface area contributed by atoms with Crippen molar-refractivity contribution in [3.8, 4) is 0 Å². The fourth-order valence-corrected chi connectivity index (χ4v) is 3.86. The smallest absolute Gasteiger partial charge is 0.255 e. The van der Waals surface area contributed by atoms with Gasteiger partial charge in [-0.1, -0.05) is 6.07 Å². The van der Waals surface area contributed by atoms with E-state index in [0.29, 0.717) is 31.7 Å². The first kappa shape index (κ1) is 19.2. The topological polar surface area (TPSA) is 72.9 Å². The highest BCUT2D eigenvalue weighted by Gasteiger charge is 2.24. The molecule has 29 heavy (non-hydrogen) atoms. The maximum atomic E-state index is 12.9. The van der Waals surface area contributed by atoms with Gasteiger partial charge in [0.15, 0.2) is 0 Å². The summed E-state index contributed by atoms with van der Waals surface area (Å²) in [5, 5.41) is 0. The molecule has 0 atom stereocenters. The van der Waals surface area contributed by atoms with Crippen LogP contribution in [-0.2, 0) is 4.79 Å². The van der Waals surface area contributed by atoms with Crippen molar-refractivity contribution in [1.82, 2.24) is 19.8 Å². The van der Waals surface area contributed by atoms with Crippen LogP contribution in [0.15, 0.2) is 42.9 Å². The Balaban J connectivity index is 1.38. The average molecular weight is 394 g/mol. The maximum Gasteiger partial charge on any atom is 0.255 e. The van der Waals surface area contributed by atoms with Crippen molar-refractivity contribution in [2.75, 3.05) is 62.2 Å². The van der Waals surface area contributed by atoms with Crippen molar-refractivity contribution in [3.05, 3.63) is 48.4 Å². The Hall–Kier alpha value is -3.16. The number of carbonyl (C=O) groups is 2. The van der Waals surface area contributed by atoms with E-state index in [-0.39, 0.29) is 11.8 Å². The molecule has 0 saturated carbocycles. The number of pyridine rings is 2. The van der Waals surface area contributed by atoms with E-state index in [1.54, 1.807) is 22.9 Å². The van der Waals surface area contributed by atoms with Crippen molar-refractivity contribution in [2.45, 2.75) is 6.92 Å². The second-order valence-corrected chi connectivity index (χ2v) is 7.39. The van der Waals surface area contributed by atoms with Crippen LogP contribution in [0.25, 0.3) is 0 Å². The van der Waals surface area contributed by atoms with Gasteiger partial charge in [0.2, 0.25) is 5.91 Å². The molecule has 0 aromatic carbocycles. The van der Waals surface area contributed by atoms with Gasteiger partial charge >= 0.3 is 0 Å². The average Bonchev–Trinajstić information content (AvgIpc) is 2.79. The van der Waals surface area contributed by atoms with Gasteiger partial charge in [-0.15, -0.1) is 0 Å². The van der Waals surface area contributed by atoms with Gasteiger partial charge in [-0.05, 0) is 18.2 Å². The van der Waals surface area contributed by atoms with E-state index in [1.165, 1.54) is 0 Å².